The number of halogens is 2. The monoisotopic (exact) mass is 565 g/mol. The minimum atomic E-state index is -3.79. The summed E-state index contributed by atoms with van der Waals surface area (Å²) in [6.07, 6.45) is 1.66. The Morgan fingerprint density at radius 2 is 1.58 bits per heavy atom. The molecule has 3 aromatic carbocycles. The quantitative estimate of drug-likeness (QED) is 0.347. The van der Waals surface area contributed by atoms with E-state index < -0.39 is 15.7 Å². The largest absolute Gasteiger partial charge is 0.496 e. The van der Waals surface area contributed by atoms with Crippen LogP contribution in [-0.2, 0) is 20.4 Å². The Hall–Kier alpha value is -2.85. The molecule has 0 bridgehead atoms. The molecule has 0 radical (unpaired) electrons. The van der Waals surface area contributed by atoms with Crippen molar-refractivity contribution in [1.82, 2.24) is 0 Å². The highest BCUT2D eigenvalue weighted by Crippen LogP contribution is 2.43. The molecule has 1 amide bonds. The highest BCUT2D eigenvalue weighted by atomic mass is 35.5. The third kappa shape index (κ3) is 5.29. The molecule has 1 heterocycles. The summed E-state index contributed by atoms with van der Waals surface area (Å²) in [4.78, 5) is 14.0. The maximum atomic E-state index is 13.1. The number of amides is 1. The van der Waals surface area contributed by atoms with Gasteiger partial charge in [-0.15, -0.1) is 0 Å². The van der Waals surface area contributed by atoms with Gasteiger partial charge in [0.1, 0.15) is 17.2 Å². The molecule has 0 aromatic heterocycles. The summed E-state index contributed by atoms with van der Waals surface area (Å²) in [6.45, 7) is 0. The second-order valence-corrected chi connectivity index (χ2v) is 11.5. The van der Waals surface area contributed by atoms with Gasteiger partial charge in [0.25, 0.3) is 5.91 Å². The number of hydrogen-bond donors (Lipinski definition) is 1. The average molecular weight is 566 g/mol. The number of thioether (sulfide) groups is 1. The van der Waals surface area contributed by atoms with Gasteiger partial charge in [-0.1, -0.05) is 41.0 Å². The first kappa shape index (κ1) is 26.2. The van der Waals surface area contributed by atoms with E-state index in [1.807, 2.05) is 0 Å². The number of anilines is 1. The van der Waals surface area contributed by atoms with Crippen molar-refractivity contribution in [2.45, 2.75) is 15.5 Å². The Morgan fingerprint density at radius 3 is 2.17 bits per heavy atom. The van der Waals surface area contributed by atoms with E-state index in [9.17, 15) is 13.2 Å². The molecule has 1 aliphatic rings. The molecule has 0 saturated carbocycles. The summed E-state index contributed by atoms with van der Waals surface area (Å²) >= 11 is 13.5. The maximum Gasteiger partial charge on any atom is 0.262 e. The molecular formula is C25H21Cl2NO6S2. The van der Waals surface area contributed by atoms with Gasteiger partial charge in [0.2, 0.25) is 0 Å². The van der Waals surface area contributed by atoms with E-state index >= 15 is 0 Å². The third-order valence-electron chi connectivity index (χ3n) is 5.43. The zero-order valence-electron chi connectivity index (χ0n) is 19.4. The molecule has 0 unspecified atom stereocenters. The van der Waals surface area contributed by atoms with E-state index in [4.69, 9.17) is 37.4 Å². The van der Waals surface area contributed by atoms with E-state index in [1.165, 1.54) is 45.2 Å². The van der Waals surface area contributed by atoms with Crippen molar-refractivity contribution in [2.24, 2.45) is 0 Å². The van der Waals surface area contributed by atoms with Crippen LogP contribution in [0.5, 0.6) is 17.2 Å². The summed E-state index contributed by atoms with van der Waals surface area (Å²) in [6, 6.07) is 12.8. The van der Waals surface area contributed by atoms with Crippen LogP contribution in [0.15, 0.2) is 63.2 Å². The topological polar surface area (TPSA) is 90.9 Å². The molecular weight excluding hydrogens is 545 g/mol. The lowest BCUT2D eigenvalue weighted by Crippen LogP contribution is -2.18. The lowest BCUT2D eigenvalue weighted by molar-refractivity contribution is -0.112. The van der Waals surface area contributed by atoms with Gasteiger partial charge in [0.15, 0.2) is 9.84 Å². The molecule has 11 heteroatoms. The first-order chi connectivity index (χ1) is 17.2. The molecule has 7 nitrogen and oxygen atoms in total. The fraction of sp³-hybridized carbons (Fsp3) is 0.160. The van der Waals surface area contributed by atoms with Crippen molar-refractivity contribution in [1.29, 1.82) is 0 Å². The second-order valence-electron chi connectivity index (χ2n) is 7.63. The van der Waals surface area contributed by atoms with E-state index in [0.29, 0.717) is 43.9 Å². The summed E-state index contributed by atoms with van der Waals surface area (Å²) in [5.74, 6) is 0.725. The van der Waals surface area contributed by atoms with Gasteiger partial charge in [0, 0.05) is 32.6 Å². The van der Waals surface area contributed by atoms with Crippen LogP contribution in [0.25, 0.3) is 6.08 Å². The first-order valence-corrected chi connectivity index (χ1v) is 13.7. The third-order valence-corrected chi connectivity index (χ3v) is 8.87. The predicted molar refractivity (Wildman–Crippen MR) is 142 cm³/mol. The first-order valence-electron chi connectivity index (χ1n) is 10.5. The Bertz CT molecular complexity index is 1440. The molecule has 188 valence electrons. The molecule has 1 aliphatic heterocycles. The lowest BCUT2D eigenvalue weighted by atomic mass is 10.1. The molecule has 0 saturated heterocycles. The number of nitrogens with one attached hydrogen (secondary N) is 1. The molecule has 0 spiro atoms. The van der Waals surface area contributed by atoms with Crippen LogP contribution in [0.3, 0.4) is 0 Å². The zero-order chi connectivity index (χ0) is 26.0. The maximum absolute atomic E-state index is 13.1. The number of fused-ring (bicyclic) bond motifs is 1. The van der Waals surface area contributed by atoms with Gasteiger partial charge in [-0.2, -0.15) is 0 Å². The van der Waals surface area contributed by atoms with Gasteiger partial charge < -0.3 is 19.5 Å². The fourth-order valence-electron chi connectivity index (χ4n) is 3.58. The van der Waals surface area contributed by atoms with E-state index in [1.54, 1.807) is 42.5 Å². The van der Waals surface area contributed by atoms with E-state index in [-0.39, 0.29) is 20.7 Å². The van der Waals surface area contributed by atoms with Crippen molar-refractivity contribution in [3.8, 4) is 17.2 Å². The number of carbonyl (C=O) groups is 1. The highest BCUT2D eigenvalue weighted by Gasteiger charge is 2.26. The molecule has 1 N–H and O–H groups in total. The number of methoxy groups -OCH3 is 3. The molecule has 36 heavy (non-hydrogen) atoms. The molecule has 0 aliphatic carbocycles. The number of ether oxygens (including phenoxy) is 3. The van der Waals surface area contributed by atoms with Gasteiger partial charge in [-0.25, -0.2) is 8.42 Å². The van der Waals surface area contributed by atoms with Crippen molar-refractivity contribution in [3.05, 3.63) is 74.6 Å². The molecule has 4 rings (SSSR count). The summed E-state index contributed by atoms with van der Waals surface area (Å²) in [5, 5.41) is 3.32. The normalized spacial score (nSPS) is 14.2. The van der Waals surface area contributed by atoms with Crippen LogP contribution in [0.4, 0.5) is 5.69 Å². The lowest BCUT2D eigenvalue weighted by Gasteiger charge is -2.20. The Morgan fingerprint density at radius 1 is 0.944 bits per heavy atom. The number of rotatable bonds is 7. The van der Waals surface area contributed by atoms with E-state index in [2.05, 4.69) is 5.32 Å². The number of carbonyl (C=O) groups excluding carboxylic acids is 1. The van der Waals surface area contributed by atoms with Crippen molar-refractivity contribution in [3.63, 3.8) is 0 Å². The Kier molecular flexibility index (Phi) is 7.75. The van der Waals surface area contributed by atoms with Crippen LogP contribution in [0, 0.1) is 0 Å². The zero-order valence-corrected chi connectivity index (χ0v) is 22.6. The minimum Gasteiger partial charge on any atom is -0.496 e. The second kappa shape index (κ2) is 10.6. The van der Waals surface area contributed by atoms with Gasteiger partial charge in [0.05, 0.1) is 48.1 Å². The average Bonchev–Trinajstić information content (AvgIpc) is 2.86. The van der Waals surface area contributed by atoms with Gasteiger partial charge >= 0.3 is 0 Å². The number of sulfone groups is 1. The molecule has 0 atom stereocenters. The van der Waals surface area contributed by atoms with Crippen LogP contribution in [0.1, 0.15) is 11.1 Å². The van der Waals surface area contributed by atoms with Crippen molar-refractivity contribution in [2.75, 3.05) is 26.6 Å². The Labute approximate surface area is 223 Å². The smallest absolute Gasteiger partial charge is 0.262 e. The number of benzene rings is 3. The van der Waals surface area contributed by atoms with Crippen molar-refractivity contribution < 1.29 is 27.4 Å². The van der Waals surface area contributed by atoms with Crippen LogP contribution in [0.2, 0.25) is 10.0 Å². The summed E-state index contributed by atoms with van der Waals surface area (Å²) < 4.78 is 42.4. The number of hydrogen-bond acceptors (Lipinski definition) is 7. The fourth-order valence-corrected chi connectivity index (χ4v) is 6.62. The van der Waals surface area contributed by atoms with Gasteiger partial charge in [-0.05, 0) is 36.4 Å². The minimum absolute atomic E-state index is 0.0454. The Balaban J connectivity index is 1.66. The van der Waals surface area contributed by atoms with Crippen LogP contribution < -0.4 is 19.5 Å². The SMILES string of the molecule is COc1cc(OC)c(/C=C2\Sc3ccc(S(=O)(=O)Cc4c(Cl)cccc4Cl)cc3NC2=O)c(OC)c1. The van der Waals surface area contributed by atoms with Crippen molar-refractivity contribution >= 4 is 62.5 Å². The predicted octanol–water partition coefficient (Wildman–Crippen LogP) is 6.08. The molecule has 3 aromatic rings. The van der Waals surface area contributed by atoms with Crippen LogP contribution in [-0.4, -0.2) is 35.7 Å². The molecule has 0 fully saturated rings. The van der Waals surface area contributed by atoms with Crippen LogP contribution >= 0.6 is 35.0 Å². The standard InChI is InChI=1S/C25H21Cl2NO6S2/c1-32-14-9-21(33-2)16(22(10-14)34-3)12-24-25(29)28-20-11-15(7-8-23(20)35-24)36(30,31)13-17-18(26)5-4-6-19(17)27/h4-12H,13H2,1-3H3,(H,28,29)/b24-12-. The summed E-state index contributed by atoms with van der Waals surface area (Å²) in [7, 11) is 0.771. The van der Waals surface area contributed by atoms with E-state index in [0.717, 1.165) is 0 Å². The van der Waals surface area contributed by atoms with Gasteiger partial charge in [-0.3, -0.25) is 4.79 Å². The highest BCUT2D eigenvalue weighted by molar-refractivity contribution is 8.04. The summed E-state index contributed by atoms with van der Waals surface area (Å²) in [5.41, 5.74) is 1.28.